The van der Waals surface area contributed by atoms with E-state index in [-0.39, 0.29) is 29.4 Å². The van der Waals surface area contributed by atoms with Crippen LogP contribution in [0.5, 0.6) is 28.7 Å². The van der Waals surface area contributed by atoms with Crippen LogP contribution in [0.25, 0.3) is 0 Å². The van der Waals surface area contributed by atoms with Crippen LogP contribution in [0.3, 0.4) is 0 Å². The number of methoxy groups -OCH3 is 4. The smallest absolute Gasteiger partial charge is 0.306 e. The number of ether oxygens (including phenoxy) is 4. The van der Waals surface area contributed by atoms with Crippen LogP contribution in [-0.2, 0) is 16.1 Å². The van der Waals surface area contributed by atoms with E-state index >= 15 is 0 Å². The largest absolute Gasteiger partial charge is 0.502 e. The standard InChI is InChI=1S/C29H34N2O9/c1-36-20-7-5-19(6-8-20)31-11-9-30(10-12-31)17-21-15-23(32)27(34)29(40-21)22(16-26(33)39-4)18-13-24(37-2)28(35)25(14-18)38-3/h5-8,13-15,22,34-35H,9-12,16-17H2,1-4H3/t22-/m1/s1. The van der Waals surface area contributed by atoms with Gasteiger partial charge in [-0.3, -0.25) is 14.5 Å². The van der Waals surface area contributed by atoms with E-state index in [1.54, 1.807) is 7.11 Å². The fourth-order valence-electron chi connectivity index (χ4n) is 4.77. The van der Waals surface area contributed by atoms with Crippen LogP contribution in [0.1, 0.15) is 29.4 Å². The van der Waals surface area contributed by atoms with E-state index in [0.717, 1.165) is 37.6 Å². The summed E-state index contributed by atoms with van der Waals surface area (Å²) in [7, 11) is 5.63. The topological polar surface area (TPSA) is 131 Å². The van der Waals surface area contributed by atoms with E-state index in [1.807, 2.05) is 24.3 Å². The number of rotatable bonds is 10. The Morgan fingerprint density at radius 3 is 2.08 bits per heavy atom. The Labute approximate surface area is 232 Å². The van der Waals surface area contributed by atoms with E-state index in [4.69, 9.17) is 23.4 Å². The van der Waals surface area contributed by atoms with Crippen molar-refractivity contribution in [2.45, 2.75) is 18.9 Å². The Morgan fingerprint density at radius 2 is 1.52 bits per heavy atom. The number of esters is 1. The van der Waals surface area contributed by atoms with Crippen LogP contribution in [0.2, 0.25) is 0 Å². The molecule has 1 fully saturated rings. The Balaban J connectivity index is 1.60. The van der Waals surface area contributed by atoms with Gasteiger partial charge in [-0.15, -0.1) is 0 Å². The predicted molar refractivity (Wildman–Crippen MR) is 147 cm³/mol. The van der Waals surface area contributed by atoms with E-state index in [0.29, 0.717) is 17.9 Å². The van der Waals surface area contributed by atoms with Gasteiger partial charge < -0.3 is 38.5 Å². The van der Waals surface area contributed by atoms with Crippen LogP contribution in [0, 0.1) is 0 Å². The normalized spacial score (nSPS) is 14.4. The van der Waals surface area contributed by atoms with E-state index in [1.165, 1.54) is 39.5 Å². The van der Waals surface area contributed by atoms with Crippen molar-refractivity contribution in [2.75, 3.05) is 59.5 Å². The van der Waals surface area contributed by atoms with Crippen LogP contribution < -0.4 is 24.5 Å². The summed E-state index contributed by atoms with van der Waals surface area (Å²) < 4.78 is 26.7. The molecule has 0 saturated carbocycles. The number of piperazine rings is 1. The molecule has 2 N–H and O–H groups in total. The summed E-state index contributed by atoms with van der Waals surface area (Å²) in [6, 6.07) is 12.2. The number of nitrogens with zero attached hydrogens (tertiary/aromatic N) is 2. The monoisotopic (exact) mass is 554 g/mol. The Hall–Kier alpha value is -4.38. The minimum absolute atomic E-state index is 0.0837. The molecule has 0 amide bonds. The van der Waals surface area contributed by atoms with Crippen molar-refractivity contribution < 1.29 is 38.4 Å². The average molecular weight is 555 g/mol. The average Bonchev–Trinajstić information content (AvgIpc) is 2.98. The summed E-state index contributed by atoms with van der Waals surface area (Å²) in [5.74, 6) is -1.08. The fraction of sp³-hybridized carbons (Fsp3) is 0.379. The van der Waals surface area contributed by atoms with Gasteiger partial charge in [-0.25, -0.2) is 0 Å². The number of aromatic hydroxyl groups is 2. The number of hydrogen-bond donors (Lipinski definition) is 2. The van der Waals surface area contributed by atoms with Crippen molar-refractivity contribution >= 4 is 11.7 Å². The Bertz CT molecular complexity index is 1350. The van der Waals surface area contributed by atoms with Gasteiger partial charge in [0.2, 0.25) is 16.9 Å². The zero-order valence-corrected chi connectivity index (χ0v) is 23.0. The minimum Gasteiger partial charge on any atom is -0.502 e. The van der Waals surface area contributed by atoms with Gasteiger partial charge in [0.05, 0.1) is 47.3 Å². The molecule has 40 heavy (non-hydrogen) atoms. The molecule has 1 saturated heterocycles. The quantitative estimate of drug-likeness (QED) is 0.359. The third-order valence-electron chi connectivity index (χ3n) is 7.01. The number of carbonyl (C=O) groups is 1. The summed E-state index contributed by atoms with van der Waals surface area (Å²) in [5, 5.41) is 21.1. The Morgan fingerprint density at radius 1 is 0.900 bits per heavy atom. The molecule has 0 radical (unpaired) electrons. The zero-order valence-electron chi connectivity index (χ0n) is 23.0. The van der Waals surface area contributed by atoms with E-state index in [2.05, 4.69) is 9.80 Å². The van der Waals surface area contributed by atoms with Gasteiger partial charge in [0.1, 0.15) is 11.5 Å². The van der Waals surface area contributed by atoms with E-state index in [9.17, 15) is 19.8 Å². The lowest BCUT2D eigenvalue weighted by atomic mass is 9.91. The van der Waals surface area contributed by atoms with Crippen LogP contribution in [0.15, 0.2) is 51.7 Å². The highest BCUT2D eigenvalue weighted by atomic mass is 16.5. The lowest BCUT2D eigenvalue weighted by molar-refractivity contribution is -0.140. The molecular formula is C29H34N2O9. The zero-order chi connectivity index (χ0) is 28.8. The highest BCUT2D eigenvalue weighted by Gasteiger charge is 2.29. The molecule has 2 aromatic carbocycles. The van der Waals surface area contributed by atoms with Crippen molar-refractivity contribution in [3.8, 4) is 28.7 Å². The summed E-state index contributed by atoms with van der Waals surface area (Å²) >= 11 is 0. The highest BCUT2D eigenvalue weighted by Crippen LogP contribution is 2.42. The van der Waals surface area contributed by atoms with Crippen molar-refractivity contribution in [1.29, 1.82) is 0 Å². The second-order valence-corrected chi connectivity index (χ2v) is 9.36. The third-order valence-corrected chi connectivity index (χ3v) is 7.01. The predicted octanol–water partition coefficient (Wildman–Crippen LogP) is 3.09. The molecule has 4 rings (SSSR count). The molecule has 0 spiro atoms. The molecule has 2 heterocycles. The van der Waals surface area contributed by atoms with Gasteiger partial charge in [0.25, 0.3) is 0 Å². The van der Waals surface area contributed by atoms with Crippen LogP contribution in [0.4, 0.5) is 5.69 Å². The SMILES string of the molecule is COC(=O)C[C@H](c1cc(OC)c(O)c(OC)c1)c1oc(CN2CCN(c3ccc(OC)cc3)CC2)cc(=O)c1O. The maximum Gasteiger partial charge on any atom is 0.306 e. The molecule has 1 aromatic heterocycles. The third kappa shape index (κ3) is 6.26. The fourth-order valence-corrected chi connectivity index (χ4v) is 4.77. The summed E-state index contributed by atoms with van der Waals surface area (Å²) in [5.41, 5.74) is 0.894. The molecule has 11 nitrogen and oxygen atoms in total. The van der Waals surface area contributed by atoms with Crippen molar-refractivity contribution in [2.24, 2.45) is 0 Å². The van der Waals surface area contributed by atoms with Gasteiger partial charge in [0.15, 0.2) is 17.3 Å². The maximum absolute atomic E-state index is 12.8. The molecule has 0 unspecified atom stereocenters. The number of benzene rings is 2. The first kappa shape index (κ1) is 28.6. The minimum atomic E-state index is -0.921. The van der Waals surface area contributed by atoms with Crippen LogP contribution in [-0.4, -0.2) is 75.7 Å². The number of phenols is 1. The molecule has 0 bridgehead atoms. The van der Waals surface area contributed by atoms with E-state index < -0.39 is 23.1 Å². The molecular weight excluding hydrogens is 520 g/mol. The van der Waals surface area contributed by atoms with Crippen LogP contribution >= 0.6 is 0 Å². The second-order valence-electron chi connectivity index (χ2n) is 9.36. The van der Waals surface area contributed by atoms with Gasteiger partial charge >= 0.3 is 5.97 Å². The van der Waals surface area contributed by atoms with Gasteiger partial charge in [0, 0.05) is 37.9 Å². The first-order valence-electron chi connectivity index (χ1n) is 12.8. The first-order valence-corrected chi connectivity index (χ1v) is 12.8. The maximum atomic E-state index is 12.8. The molecule has 214 valence electrons. The van der Waals surface area contributed by atoms with Gasteiger partial charge in [-0.2, -0.15) is 0 Å². The number of carbonyl (C=O) groups excluding carboxylic acids is 1. The molecule has 11 heteroatoms. The first-order chi connectivity index (χ1) is 19.3. The second kappa shape index (κ2) is 12.6. The molecule has 0 aliphatic carbocycles. The Kier molecular flexibility index (Phi) is 9.05. The van der Waals surface area contributed by atoms with Gasteiger partial charge in [-0.05, 0) is 42.0 Å². The lowest BCUT2D eigenvalue weighted by Gasteiger charge is -2.36. The summed E-state index contributed by atoms with van der Waals surface area (Å²) in [4.78, 5) is 29.6. The summed E-state index contributed by atoms with van der Waals surface area (Å²) in [6.07, 6.45) is -0.242. The molecule has 3 aromatic rings. The summed E-state index contributed by atoms with van der Waals surface area (Å²) in [6.45, 7) is 3.35. The molecule has 1 atom stereocenters. The van der Waals surface area contributed by atoms with Crippen molar-refractivity contribution in [3.63, 3.8) is 0 Å². The van der Waals surface area contributed by atoms with Gasteiger partial charge in [-0.1, -0.05) is 0 Å². The molecule has 1 aliphatic rings. The van der Waals surface area contributed by atoms with Crippen molar-refractivity contribution in [1.82, 2.24) is 4.90 Å². The number of phenolic OH excluding ortho intramolecular Hbond substituents is 1. The number of hydrogen-bond acceptors (Lipinski definition) is 11. The highest BCUT2D eigenvalue weighted by molar-refractivity contribution is 5.71. The number of anilines is 1. The molecule has 1 aliphatic heterocycles. The lowest BCUT2D eigenvalue weighted by Crippen LogP contribution is -2.46. The van der Waals surface area contributed by atoms with Crippen molar-refractivity contribution in [3.05, 3.63) is 69.8 Å².